The first kappa shape index (κ1) is 14.4. The highest BCUT2D eigenvalue weighted by Gasteiger charge is 2.13. The van der Waals surface area contributed by atoms with E-state index in [0.29, 0.717) is 6.04 Å². The van der Waals surface area contributed by atoms with E-state index in [-0.39, 0.29) is 0 Å². The second kappa shape index (κ2) is 6.46. The Labute approximate surface area is 129 Å². The van der Waals surface area contributed by atoms with E-state index >= 15 is 0 Å². The molecule has 2 heterocycles. The standard InChI is InChI=1S/C18H21NOS/c1-3-10-19-15(4-2)17-7-6-16(20-17)13-5-8-18-14(12-13)9-11-21-18/h5-9,11-12,15,19H,3-4,10H2,1-2H3. The van der Waals surface area contributed by atoms with Crippen molar-refractivity contribution in [2.75, 3.05) is 6.54 Å². The summed E-state index contributed by atoms with van der Waals surface area (Å²) in [5.41, 5.74) is 1.15. The number of furan rings is 1. The summed E-state index contributed by atoms with van der Waals surface area (Å²) in [7, 11) is 0. The number of rotatable bonds is 6. The molecule has 1 N–H and O–H groups in total. The molecule has 3 rings (SSSR count). The average Bonchev–Trinajstić information content (AvgIpc) is 3.16. The smallest absolute Gasteiger partial charge is 0.134 e. The molecule has 3 heteroatoms. The van der Waals surface area contributed by atoms with Crippen molar-refractivity contribution in [3.05, 3.63) is 47.5 Å². The van der Waals surface area contributed by atoms with Gasteiger partial charge in [0, 0.05) is 10.3 Å². The van der Waals surface area contributed by atoms with E-state index in [1.54, 1.807) is 11.3 Å². The van der Waals surface area contributed by atoms with Crippen molar-refractivity contribution in [2.45, 2.75) is 32.7 Å². The normalized spacial score (nSPS) is 12.9. The highest BCUT2D eigenvalue weighted by molar-refractivity contribution is 7.17. The van der Waals surface area contributed by atoms with Crippen LogP contribution in [0.2, 0.25) is 0 Å². The van der Waals surface area contributed by atoms with E-state index in [1.165, 1.54) is 10.1 Å². The molecule has 0 aliphatic heterocycles. The van der Waals surface area contributed by atoms with E-state index in [4.69, 9.17) is 4.42 Å². The summed E-state index contributed by atoms with van der Waals surface area (Å²) >= 11 is 1.77. The van der Waals surface area contributed by atoms with Crippen molar-refractivity contribution in [1.29, 1.82) is 0 Å². The van der Waals surface area contributed by atoms with Crippen LogP contribution in [-0.2, 0) is 0 Å². The summed E-state index contributed by atoms with van der Waals surface area (Å²) in [6.07, 6.45) is 2.18. The lowest BCUT2D eigenvalue weighted by molar-refractivity contribution is 0.411. The molecule has 2 aromatic heterocycles. The largest absolute Gasteiger partial charge is 0.459 e. The zero-order valence-electron chi connectivity index (χ0n) is 12.6. The molecule has 3 aromatic rings. The number of benzene rings is 1. The Bertz CT molecular complexity index is 713. The van der Waals surface area contributed by atoms with E-state index in [1.807, 2.05) is 0 Å². The van der Waals surface area contributed by atoms with Gasteiger partial charge in [0.05, 0.1) is 6.04 Å². The quantitative estimate of drug-likeness (QED) is 0.639. The van der Waals surface area contributed by atoms with Gasteiger partial charge in [-0.2, -0.15) is 0 Å². The van der Waals surface area contributed by atoms with Gasteiger partial charge in [-0.05, 0) is 66.6 Å². The first-order chi connectivity index (χ1) is 10.3. The van der Waals surface area contributed by atoms with Crippen molar-refractivity contribution in [3.63, 3.8) is 0 Å². The monoisotopic (exact) mass is 299 g/mol. The maximum atomic E-state index is 6.09. The fourth-order valence-corrected chi connectivity index (χ4v) is 3.35. The Hall–Kier alpha value is -1.58. The number of hydrogen-bond acceptors (Lipinski definition) is 3. The molecule has 1 aromatic carbocycles. The number of thiophene rings is 1. The minimum Gasteiger partial charge on any atom is -0.459 e. The molecule has 110 valence electrons. The van der Waals surface area contributed by atoms with Crippen LogP contribution < -0.4 is 5.32 Å². The summed E-state index contributed by atoms with van der Waals surface area (Å²) < 4.78 is 7.41. The van der Waals surface area contributed by atoms with Crippen molar-refractivity contribution in [3.8, 4) is 11.3 Å². The van der Waals surface area contributed by atoms with Crippen LogP contribution >= 0.6 is 11.3 Å². The van der Waals surface area contributed by atoms with Crippen LogP contribution in [0, 0.1) is 0 Å². The Balaban J connectivity index is 1.86. The number of fused-ring (bicyclic) bond motifs is 1. The Morgan fingerprint density at radius 2 is 2.05 bits per heavy atom. The molecule has 2 nitrogen and oxygen atoms in total. The Morgan fingerprint density at radius 1 is 1.14 bits per heavy atom. The molecule has 0 amide bonds. The molecular weight excluding hydrogens is 278 g/mol. The third-order valence-electron chi connectivity index (χ3n) is 3.76. The Morgan fingerprint density at radius 3 is 2.86 bits per heavy atom. The zero-order valence-corrected chi connectivity index (χ0v) is 13.4. The molecule has 1 atom stereocenters. The van der Waals surface area contributed by atoms with E-state index < -0.39 is 0 Å². The highest BCUT2D eigenvalue weighted by atomic mass is 32.1. The van der Waals surface area contributed by atoms with E-state index in [2.05, 4.69) is 60.9 Å². The van der Waals surface area contributed by atoms with Gasteiger partial charge in [0.2, 0.25) is 0 Å². The predicted molar refractivity (Wildman–Crippen MR) is 90.9 cm³/mol. The van der Waals surface area contributed by atoms with Crippen LogP contribution in [0.15, 0.2) is 46.2 Å². The Kier molecular flexibility index (Phi) is 4.42. The molecule has 0 spiro atoms. The molecule has 0 bridgehead atoms. The van der Waals surface area contributed by atoms with Crippen molar-refractivity contribution in [1.82, 2.24) is 5.32 Å². The van der Waals surface area contributed by atoms with Gasteiger partial charge in [0.15, 0.2) is 0 Å². The first-order valence-electron chi connectivity index (χ1n) is 7.62. The number of hydrogen-bond donors (Lipinski definition) is 1. The van der Waals surface area contributed by atoms with Crippen LogP contribution in [0.5, 0.6) is 0 Å². The van der Waals surface area contributed by atoms with Crippen LogP contribution in [0.4, 0.5) is 0 Å². The molecule has 0 fully saturated rings. The predicted octanol–water partition coefficient (Wildman–Crippen LogP) is 5.61. The topological polar surface area (TPSA) is 25.2 Å². The van der Waals surface area contributed by atoms with Crippen molar-refractivity contribution >= 4 is 21.4 Å². The third kappa shape index (κ3) is 3.04. The summed E-state index contributed by atoms with van der Waals surface area (Å²) in [6, 6.07) is 13.2. The molecular formula is C18H21NOS. The van der Waals surface area contributed by atoms with Crippen LogP contribution in [0.25, 0.3) is 21.4 Å². The lowest BCUT2D eigenvalue weighted by atomic mass is 10.1. The average molecular weight is 299 g/mol. The van der Waals surface area contributed by atoms with Crippen molar-refractivity contribution in [2.24, 2.45) is 0 Å². The number of nitrogens with one attached hydrogen (secondary N) is 1. The molecule has 0 radical (unpaired) electrons. The second-order valence-electron chi connectivity index (χ2n) is 5.29. The SMILES string of the molecule is CCCNC(CC)c1ccc(-c2ccc3sccc3c2)o1. The molecule has 0 saturated heterocycles. The highest BCUT2D eigenvalue weighted by Crippen LogP contribution is 2.30. The molecule has 0 aliphatic carbocycles. The van der Waals surface area contributed by atoms with Gasteiger partial charge in [-0.1, -0.05) is 13.8 Å². The molecule has 0 aliphatic rings. The third-order valence-corrected chi connectivity index (χ3v) is 4.65. The van der Waals surface area contributed by atoms with Gasteiger partial charge in [0.1, 0.15) is 11.5 Å². The van der Waals surface area contributed by atoms with E-state index in [0.717, 1.165) is 36.5 Å². The zero-order chi connectivity index (χ0) is 14.7. The molecule has 1 unspecified atom stereocenters. The van der Waals surface area contributed by atoms with Crippen molar-refractivity contribution < 1.29 is 4.42 Å². The van der Waals surface area contributed by atoms with Crippen LogP contribution in [0.3, 0.4) is 0 Å². The minimum atomic E-state index is 0.309. The summed E-state index contributed by atoms with van der Waals surface area (Å²) in [6.45, 7) is 5.39. The van der Waals surface area contributed by atoms with Gasteiger partial charge in [-0.3, -0.25) is 0 Å². The first-order valence-corrected chi connectivity index (χ1v) is 8.50. The fraction of sp³-hybridized carbons (Fsp3) is 0.333. The maximum Gasteiger partial charge on any atom is 0.134 e. The maximum absolute atomic E-state index is 6.09. The second-order valence-corrected chi connectivity index (χ2v) is 6.24. The van der Waals surface area contributed by atoms with Gasteiger partial charge >= 0.3 is 0 Å². The van der Waals surface area contributed by atoms with Gasteiger partial charge in [0.25, 0.3) is 0 Å². The van der Waals surface area contributed by atoms with Gasteiger partial charge in [-0.15, -0.1) is 11.3 Å². The molecule has 21 heavy (non-hydrogen) atoms. The van der Waals surface area contributed by atoms with E-state index in [9.17, 15) is 0 Å². The van der Waals surface area contributed by atoms with Gasteiger partial charge < -0.3 is 9.73 Å². The lowest BCUT2D eigenvalue weighted by Gasteiger charge is -2.13. The summed E-state index contributed by atoms with van der Waals surface area (Å²) in [5.74, 6) is 1.99. The minimum absolute atomic E-state index is 0.309. The van der Waals surface area contributed by atoms with Crippen LogP contribution in [-0.4, -0.2) is 6.54 Å². The van der Waals surface area contributed by atoms with Gasteiger partial charge in [-0.25, -0.2) is 0 Å². The molecule has 0 saturated carbocycles. The van der Waals surface area contributed by atoms with Crippen LogP contribution in [0.1, 0.15) is 38.5 Å². The lowest BCUT2D eigenvalue weighted by Crippen LogP contribution is -2.20. The summed E-state index contributed by atoms with van der Waals surface area (Å²) in [5, 5.41) is 6.95. The summed E-state index contributed by atoms with van der Waals surface area (Å²) in [4.78, 5) is 0. The fourth-order valence-electron chi connectivity index (χ4n) is 2.58.